The normalized spacial score (nSPS) is 16.8. The molecule has 2 heterocycles. The van der Waals surface area contributed by atoms with Gasteiger partial charge in [-0.05, 0) is 12.1 Å². The van der Waals surface area contributed by atoms with Gasteiger partial charge in [0.25, 0.3) is 0 Å². The van der Waals surface area contributed by atoms with E-state index in [-0.39, 0.29) is 5.82 Å². The lowest BCUT2D eigenvalue weighted by Crippen LogP contribution is -2.46. The Balaban J connectivity index is 1.59. The first-order valence-corrected chi connectivity index (χ1v) is 7.36. The molecule has 0 N–H and O–H groups in total. The molecule has 1 aliphatic rings. The number of thiazole rings is 1. The van der Waals surface area contributed by atoms with E-state index in [4.69, 9.17) is 0 Å². The molecule has 3 nitrogen and oxygen atoms in total. The molecule has 1 fully saturated rings. The van der Waals surface area contributed by atoms with Gasteiger partial charge in [-0.15, -0.1) is 11.3 Å². The van der Waals surface area contributed by atoms with Crippen LogP contribution in [0.5, 0.6) is 0 Å². The average Bonchev–Trinajstić information content (AvgIpc) is 2.93. The van der Waals surface area contributed by atoms with Gasteiger partial charge in [-0.3, -0.25) is 4.90 Å². The fourth-order valence-corrected chi connectivity index (χ4v) is 2.95. The first kappa shape index (κ1) is 12.6. The molecule has 0 radical (unpaired) electrons. The molecule has 5 heteroatoms. The SMILES string of the molecule is Fc1ccccc1N1CCN(Cc2cscn2)CC1. The number of anilines is 1. The Bertz CT molecular complexity index is 521. The van der Waals surface area contributed by atoms with E-state index in [1.807, 2.05) is 17.6 Å². The molecule has 0 bridgehead atoms. The Labute approximate surface area is 116 Å². The molecule has 1 aliphatic heterocycles. The lowest BCUT2D eigenvalue weighted by Gasteiger charge is -2.35. The van der Waals surface area contributed by atoms with Gasteiger partial charge in [0.2, 0.25) is 0 Å². The molecule has 1 aromatic heterocycles. The van der Waals surface area contributed by atoms with E-state index < -0.39 is 0 Å². The third kappa shape index (κ3) is 2.93. The smallest absolute Gasteiger partial charge is 0.146 e. The second-order valence-electron chi connectivity index (χ2n) is 4.69. The summed E-state index contributed by atoms with van der Waals surface area (Å²) in [6.45, 7) is 4.53. The maximum atomic E-state index is 13.7. The van der Waals surface area contributed by atoms with E-state index in [0.717, 1.165) is 44.1 Å². The van der Waals surface area contributed by atoms with Gasteiger partial charge in [-0.25, -0.2) is 9.37 Å². The minimum atomic E-state index is -0.129. The zero-order chi connectivity index (χ0) is 13.1. The number of aromatic nitrogens is 1. The summed E-state index contributed by atoms with van der Waals surface area (Å²) in [7, 11) is 0. The van der Waals surface area contributed by atoms with Gasteiger partial charge >= 0.3 is 0 Å². The van der Waals surface area contributed by atoms with Crippen molar-refractivity contribution in [1.82, 2.24) is 9.88 Å². The van der Waals surface area contributed by atoms with Crippen LogP contribution in [-0.2, 0) is 6.54 Å². The van der Waals surface area contributed by atoms with Crippen LogP contribution in [0.4, 0.5) is 10.1 Å². The summed E-state index contributed by atoms with van der Waals surface area (Å²) in [5.74, 6) is -0.129. The Morgan fingerprint density at radius 3 is 2.63 bits per heavy atom. The van der Waals surface area contributed by atoms with Crippen molar-refractivity contribution in [3.8, 4) is 0 Å². The van der Waals surface area contributed by atoms with Crippen molar-refractivity contribution in [2.24, 2.45) is 0 Å². The van der Waals surface area contributed by atoms with Crippen molar-refractivity contribution in [2.45, 2.75) is 6.54 Å². The molecule has 19 heavy (non-hydrogen) atoms. The number of rotatable bonds is 3. The fraction of sp³-hybridized carbons (Fsp3) is 0.357. The Morgan fingerprint density at radius 2 is 1.95 bits per heavy atom. The first-order chi connectivity index (χ1) is 9.33. The monoisotopic (exact) mass is 277 g/mol. The maximum absolute atomic E-state index is 13.7. The summed E-state index contributed by atoms with van der Waals surface area (Å²) in [5.41, 5.74) is 3.71. The maximum Gasteiger partial charge on any atom is 0.146 e. The molecule has 2 aromatic rings. The van der Waals surface area contributed by atoms with Crippen LogP contribution >= 0.6 is 11.3 Å². The van der Waals surface area contributed by atoms with E-state index in [9.17, 15) is 4.39 Å². The highest BCUT2D eigenvalue weighted by Crippen LogP contribution is 2.20. The summed E-state index contributed by atoms with van der Waals surface area (Å²) in [6.07, 6.45) is 0. The predicted molar refractivity (Wildman–Crippen MR) is 76.0 cm³/mol. The van der Waals surface area contributed by atoms with Gasteiger partial charge in [-0.2, -0.15) is 0 Å². The number of piperazine rings is 1. The Kier molecular flexibility index (Phi) is 3.75. The number of para-hydroxylation sites is 1. The van der Waals surface area contributed by atoms with Crippen LogP contribution in [0.25, 0.3) is 0 Å². The van der Waals surface area contributed by atoms with Crippen molar-refractivity contribution in [2.75, 3.05) is 31.1 Å². The van der Waals surface area contributed by atoms with Crippen LogP contribution < -0.4 is 4.90 Å². The molecule has 3 rings (SSSR count). The van der Waals surface area contributed by atoms with Gasteiger partial charge in [0.15, 0.2) is 0 Å². The molecule has 0 saturated carbocycles. The average molecular weight is 277 g/mol. The number of hydrogen-bond acceptors (Lipinski definition) is 4. The quantitative estimate of drug-likeness (QED) is 0.859. The molecular weight excluding hydrogens is 261 g/mol. The molecule has 0 unspecified atom stereocenters. The zero-order valence-corrected chi connectivity index (χ0v) is 11.4. The molecule has 0 amide bonds. The van der Waals surface area contributed by atoms with Gasteiger partial charge in [0, 0.05) is 38.1 Å². The number of benzene rings is 1. The van der Waals surface area contributed by atoms with Crippen molar-refractivity contribution in [3.63, 3.8) is 0 Å². The minimum Gasteiger partial charge on any atom is -0.367 e. The fourth-order valence-electron chi connectivity index (χ4n) is 2.40. The third-order valence-corrected chi connectivity index (χ3v) is 4.07. The van der Waals surface area contributed by atoms with E-state index >= 15 is 0 Å². The highest BCUT2D eigenvalue weighted by Gasteiger charge is 2.19. The number of nitrogens with zero attached hydrogens (tertiary/aromatic N) is 3. The van der Waals surface area contributed by atoms with Crippen LogP contribution in [0.1, 0.15) is 5.69 Å². The van der Waals surface area contributed by atoms with Gasteiger partial charge in [0.1, 0.15) is 5.82 Å². The van der Waals surface area contributed by atoms with Crippen LogP contribution in [0.3, 0.4) is 0 Å². The summed E-state index contributed by atoms with van der Waals surface area (Å²) in [5, 5.41) is 2.09. The molecule has 0 spiro atoms. The van der Waals surface area contributed by atoms with E-state index in [0.29, 0.717) is 0 Å². The van der Waals surface area contributed by atoms with E-state index in [1.54, 1.807) is 17.4 Å². The Morgan fingerprint density at radius 1 is 1.16 bits per heavy atom. The molecular formula is C14H16FN3S. The zero-order valence-electron chi connectivity index (χ0n) is 10.6. The van der Waals surface area contributed by atoms with Crippen LogP contribution in [-0.4, -0.2) is 36.1 Å². The largest absolute Gasteiger partial charge is 0.367 e. The first-order valence-electron chi connectivity index (χ1n) is 6.42. The summed E-state index contributed by atoms with van der Waals surface area (Å²) in [4.78, 5) is 8.79. The highest BCUT2D eigenvalue weighted by molar-refractivity contribution is 7.07. The standard InChI is InChI=1S/C14H16FN3S/c15-13-3-1-2-4-14(13)18-7-5-17(6-8-18)9-12-10-19-11-16-12/h1-4,10-11H,5-9H2. The van der Waals surface area contributed by atoms with Gasteiger partial charge < -0.3 is 4.90 Å². The highest BCUT2D eigenvalue weighted by atomic mass is 32.1. The van der Waals surface area contributed by atoms with Gasteiger partial charge in [-0.1, -0.05) is 12.1 Å². The molecule has 1 aromatic carbocycles. The second-order valence-corrected chi connectivity index (χ2v) is 5.41. The van der Waals surface area contributed by atoms with Crippen LogP contribution in [0.15, 0.2) is 35.2 Å². The van der Waals surface area contributed by atoms with Crippen LogP contribution in [0, 0.1) is 5.82 Å². The molecule has 0 aliphatic carbocycles. The van der Waals surface area contributed by atoms with E-state index in [2.05, 4.69) is 20.2 Å². The van der Waals surface area contributed by atoms with Crippen molar-refractivity contribution < 1.29 is 4.39 Å². The lowest BCUT2D eigenvalue weighted by molar-refractivity contribution is 0.247. The topological polar surface area (TPSA) is 19.4 Å². The predicted octanol–water partition coefficient (Wildman–Crippen LogP) is 2.60. The van der Waals surface area contributed by atoms with Crippen LogP contribution in [0.2, 0.25) is 0 Å². The minimum absolute atomic E-state index is 0.129. The summed E-state index contributed by atoms with van der Waals surface area (Å²) in [6, 6.07) is 7.00. The number of halogens is 1. The van der Waals surface area contributed by atoms with Crippen molar-refractivity contribution >= 4 is 17.0 Å². The van der Waals surface area contributed by atoms with Gasteiger partial charge in [0.05, 0.1) is 16.9 Å². The summed E-state index contributed by atoms with van der Waals surface area (Å²) >= 11 is 1.63. The molecule has 1 saturated heterocycles. The molecule has 0 atom stereocenters. The summed E-state index contributed by atoms with van der Waals surface area (Å²) < 4.78 is 13.7. The van der Waals surface area contributed by atoms with Crippen molar-refractivity contribution in [1.29, 1.82) is 0 Å². The Hall–Kier alpha value is -1.46. The number of hydrogen-bond donors (Lipinski definition) is 0. The second kappa shape index (κ2) is 5.67. The lowest BCUT2D eigenvalue weighted by atomic mass is 10.2. The third-order valence-electron chi connectivity index (χ3n) is 3.43. The molecule has 100 valence electrons. The van der Waals surface area contributed by atoms with E-state index in [1.165, 1.54) is 6.07 Å². The van der Waals surface area contributed by atoms with Crippen molar-refractivity contribution in [3.05, 3.63) is 46.7 Å².